The molecule has 1 atom stereocenters. The van der Waals surface area contributed by atoms with Crippen molar-refractivity contribution in [3.63, 3.8) is 0 Å². The molecule has 1 unspecified atom stereocenters. The predicted octanol–water partition coefficient (Wildman–Crippen LogP) is 3.03. The third kappa shape index (κ3) is 3.56. The molecule has 2 aromatic carbocycles. The number of hydrogen-bond acceptors (Lipinski definition) is 3. The van der Waals surface area contributed by atoms with Gasteiger partial charge < -0.3 is 4.74 Å². The first-order valence-corrected chi connectivity index (χ1v) is 6.59. The van der Waals surface area contributed by atoms with E-state index in [9.17, 15) is 8.78 Å². The number of hydrazine groups is 1. The zero-order chi connectivity index (χ0) is 15.4. The molecular formula is C16H18F2N2O. The van der Waals surface area contributed by atoms with Gasteiger partial charge in [0.25, 0.3) is 0 Å². The van der Waals surface area contributed by atoms with Gasteiger partial charge in [0.15, 0.2) is 0 Å². The lowest BCUT2D eigenvalue weighted by atomic mass is 9.97. The van der Waals surface area contributed by atoms with Gasteiger partial charge in [-0.2, -0.15) is 0 Å². The van der Waals surface area contributed by atoms with Crippen LogP contribution in [0.5, 0.6) is 5.75 Å². The van der Waals surface area contributed by atoms with Crippen LogP contribution in [0.25, 0.3) is 0 Å². The summed E-state index contributed by atoms with van der Waals surface area (Å²) in [4.78, 5) is 0. The maximum atomic E-state index is 13.7. The van der Waals surface area contributed by atoms with Crippen LogP contribution in [0.15, 0.2) is 36.4 Å². The summed E-state index contributed by atoms with van der Waals surface area (Å²) in [6.07, 6.45) is 0.314. The Kier molecular flexibility index (Phi) is 4.88. The zero-order valence-electron chi connectivity index (χ0n) is 12.0. The van der Waals surface area contributed by atoms with Crippen LogP contribution in [0, 0.1) is 18.6 Å². The molecule has 0 saturated carbocycles. The molecule has 0 aliphatic rings. The van der Waals surface area contributed by atoms with E-state index in [0.29, 0.717) is 12.0 Å². The van der Waals surface area contributed by atoms with Crippen LogP contribution in [0.2, 0.25) is 0 Å². The van der Waals surface area contributed by atoms with Gasteiger partial charge in [-0.05, 0) is 42.2 Å². The number of benzene rings is 2. The fraction of sp³-hybridized carbons (Fsp3) is 0.250. The second-order valence-electron chi connectivity index (χ2n) is 4.89. The van der Waals surface area contributed by atoms with E-state index in [1.54, 1.807) is 7.11 Å². The molecule has 21 heavy (non-hydrogen) atoms. The van der Waals surface area contributed by atoms with Crippen molar-refractivity contribution in [3.8, 4) is 5.75 Å². The first-order valence-electron chi connectivity index (χ1n) is 6.59. The van der Waals surface area contributed by atoms with E-state index in [2.05, 4.69) is 5.43 Å². The first kappa shape index (κ1) is 15.4. The number of rotatable bonds is 5. The fourth-order valence-electron chi connectivity index (χ4n) is 2.23. The summed E-state index contributed by atoms with van der Waals surface area (Å²) >= 11 is 0. The van der Waals surface area contributed by atoms with Crippen LogP contribution in [-0.2, 0) is 6.42 Å². The molecule has 0 fully saturated rings. The van der Waals surface area contributed by atoms with Crippen LogP contribution in [0.1, 0.15) is 22.7 Å². The number of ether oxygens (including phenoxy) is 1. The van der Waals surface area contributed by atoms with E-state index in [1.165, 1.54) is 12.1 Å². The Bertz CT molecular complexity index is 632. The smallest absolute Gasteiger partial charge is 0.129 e. The summed E-state index contributed by atoms with van der Waals surface area (Å²) in [5.74, 6) is 5.15. The number of halogens is 2. The summed E-state index contributed by atoms with van der Waals surface area (Å²) in [6.45, 7) is 1.94. The molecule has 3 N–H and O–H groups in total. The Morgan fingerprint density at radius 1 is 1.19 bits per heavy atom. The molecule has 0 heterocycles. The standard InChI is InChI=1S/C16H18F2N2O/c1-10-3-4-12(8-16(10)21-2)15(20-19)7-11-5-6-13(17)9-14(11)18/h3-6,8-9,15,20H,7,19H2,1-2H3. The van der Waals surface area contributed by atoms with Crippen LogP contribution in [0.4, 0.5) is 8.78 Å². The fourth-order valence-corrected chi connectivity index (χ4v) is 2.23. The largest absolute Gasteiger partial charge is 0.496 e. The van der Waals surface area contributed by atoms with Crippen molar-refractivity contribution in [2.24, 2.45) is 5.84 Å². The molecule has 0 bridgehead atoms. The van der Waals surface area contributed by atoms with Crippen molar-refractivity contribution in [1.29, 1.82) is 0 Å². The molecule has 0 aliphatic carbocycles. The van der Waals surface area contributed by atoms with E-state index in [-0.39, 0.29) is 6.04 Å². The lowest BCUT2D eigenvalue weighted by Crippen LogP contribution is -2.29. The highest BCUT2D eigenvalue weighted by Gasteiger charge is 2.15. The van der Waals surface area contributed by atoms with Crippen LogP contribution < -0.4 is 16.0 Å². The van der Waals surface area contributed by atoms with Gasteiger partial charge in [0.2, 0.25) is 0 Å². The Balaban J connectivity index is 2.27. The first-order chi connectivity index (χ1) is 10.0. The number of nitrogens with one attached hydrogen (secondary N) is 1. The van der Waals surface area contributed by atoms with Crippen molar-refractivity contribution in [1.82, 2.24) is 5.43 Å². The quantitative estimate of drug-likeness (QED) is 0.658. The Hall–Kier alpha value is -1.98. The normalized spacial score (nSPS) is 12.2. The Morgan fingerprint density at radius 3 is 2.57 bits per heavy atom. The third-order valence-corrected chi connectivity index (χ3v) is 3.47. The van der Waals surface area contributed by atoms with Gasteiger partial charge >= 0.3 is 0 Å². The highest BCUT2D eigenvalue weighted by Crippen LogP contribution is 2.26. The average Bonchev–Trinajstić information content (AvgIpc) is 2.47. The molecule has 0 aromatic heterocycles. The molecule has 2 rings (SSSR count). The number of nitrogens with two attached hydrogens (primary N) is 1. The van der Waals surface area contributed by atoms with Gasteiger partial charge in [0, 0.05) is 6.07 Å². The summed E-state index contributed by atoms with van der Waals surface area (Å²) in [6, 6.07) is 8.94. The average molecular weight is 292 g/mol. The van der Waals surface area contributed by atoms with Crippen molar-refractivity contribution in [2.45, 2.75) is 19.4 Å². The monoisotopic (exact) mass is 292 g/mol. The van der Waals surface area contributed by atoms with E-state index < -0.39 is 11.6 Å². The lowest BCUT2D eigenvalue weighted by Gasteiger charge is -2.18. The van der Waals surface area contributed by atoms with Gasteiger partial charge in [-0.15, -0.1) is 0 Å². The van der Waals surface area contributed by atoms with Crippen molar-refractivity contribution >= 4 is 0 Å². The highest BCUT2D eigenvalue weighted by atomic mass is 19.1. The van der Waals surface area contributed by atoms with Crippen molar-refractivity contribution < 1.29 is 13.5 Å². The van der Waals surface area contributed by atoms with E-state index in [0.717, 1.165) is 22.9 Å². The minimum Gasteiger partial charge on any atom is -0.496 e. The number of hydrogen-bond donors (Lipinski definition) is 2. The number of aryl methyl sites for hydroxylation is 1. The minimum absolute atomic E-state index is 0.292. The third-order valence-electron chi connectivity index (χ3n) is 3.47. The molecule has 5 heteroatoms. The maximum absolute atomic E-state index is 13.7. The SMILES string of the molecule is COc1cc(C(Cc2ccc(F)cc2F)NN)ccc1C. The van der Waals surface area contributed by atoms with E-state index in [4.69, 9.17) is 10.6 Å². The summed E-state index contributed by atoms with van der Waals surface area (Å²) < 4.78 is 32.0. The van der Waals surface area contributed by atoms with Gasteiger partial charge in [0.05, 0.1) is 13.2 Å². The summed E-state index contributed by atoms with van der Waals surface area (Å²) in [5, 5.41) is 0. The van der Waals surface area contributed by atoms with Crippen LogP contribution in [0.3, 0.4) is 0 Å². The van der Waals surface area contributed by atoms with Gasteiger partial charge in [-0.25, -0.2) is 8.78 Å². The molecule has 0 spiro atoms. The topological polar surface area (TPSA) is 47.3 Å². The van der Waals surface area contributed by atoms with E-state index >= 15 is 0 Å². The maximum Gasteiger partial charge on any atom is 0.129 e. The van der Waals surface area contributed by atoms with Crippen molar-refractivity contribution in [3.05, 3.63) is 64.7 Å². The Labute approximate surface area is 122 Å². The highest BCUT2D eigenvalue weighted by molar-refractivity contribution is 5.38. The van der Waals surface area contributed by atoms with Gasteiger partial charge in [0.1, 0.15) is 17.4 Å². The molecule has 0 saturated heterocycles. The molecule has 0 radical (unpaired) electrons. The molecule has 3 nitrogen and oxygen atoms in total. The summed E-state index contributed by atoms with van der Waals surface area (Å²) in [7, 11) is 1.59. The molecule has 0 aliphatic heterocycles. The molecule has 112 valence electrons. The minimum atomic E-state index is -0.592. The summed E-state index contributed by atoms with van der Waals surface area (Å²) in [5.41, 5.74) is 4.95. The molecular weight excluding hydrogens is 274 g/mol. The predicted molar refractivity (Wildman–Crippen MR) is 77.9 cm³/mol. The van der Waals surface area contributed by atoms with Gasteiger partial charge in [-0.1, -0.05) is 18.2 Å². The van der Waals surface area contributed by atoms with Crippen LogP contribution >= 0.6 is 0 Å². The zero-order valence-corrected chi connectivity index (χ0v) is 12.0. The second-order valence-corrected chi connectivity index (χ2v) is 4.89. The second kappa shape index (κ2) is 6.65. The van der Waals surface area contributed by atoms with Gasteiger partial charge in [-0.3, -0.25) is 11.3 Å². The Morgan fingerprint density at radius 2 is 1.95 bits per heavy atom. The van der Waals surface area contributed by atoms with E-state index in [1.807, 2.05) is 25.1 Å². The molecule has 0 amide bonds. The number of methoxy groups -OCH3 is 1. The van der Waals surface area contributed by atoms with Crippen molar-refractivity contribution in [2.75, 3.05) is 7.11 Å². The van der Waals surface area contributed by atoms with Crippen LogP contribution in [-0.4, -0.2) is 7.11 Å². The lowest BCUT2D eigenvalue weighted by molar-refractivity contribution is 0.409. The molecule has 2 aromatic rings.